The molecule has 8 nitrogen and oxygen atoms in total. The maximum absolute atomic E-state index is 14.2. The van der Waals surface area contributed by atoms with E-state index in [0.29, 0.717) is 41.3 Å². The van der Waals surface area contributed by atoms with Gasteiger partial charge in [0.2, 0.25) is 5.91 Å². The Kier molecular flexibility index (Phi) is 5.01. The van der Waals surface area contributed by atoms with Crippen molar-refractivity contribution in [1.29, 1.82) is 0 Å². The number of benzene rings is 1. The van der Waals surface area contributed by atoms with Gasteiger partial charge in [0, 0.05) is 35.8 Å². The Morgan fingerprint density at radius 1 is 1.19 bits per heavy atom. The van der Waals surface area contributed by atoms with Gasteiger partial charge < -0.3 is 15.5 Å². The van der Waals surface area contributed by atoms with Gasteiger partial charge in [0.25, 0.3) is 0 Å². The third-order valence-corrected chi connectivity index (χ3v) is 5.74. The molecule has 0 radical (unpaired) electrons. The number of nitrogens with zero attached hydrogens (tertiary/aromatic N) is 5. The first-order valence-corrected chi connectivity index (χ1v) is 10.4. The number of amides is 1. The number of carbonyl (C=O) groups is 1. The van der Waals surface area contributed by atoms with E-state index in [1.807, 2.05) is 30.0 Å². The summed E-state index contributed by atoms with van der Waals surface area (Å²) >= 11 is 0. The van der Waals surface area contributed by atoms with Crippen LogP contribution in [0.25, 0.3) is 21.9 Å². The number of aromatic nitrogens is 4. The molecule has 1 amide bonds. The van der Waals surface area contributed by atoms with Gasteiger partial charge in [0.05, 0.1) is 23.6 Å². The molecule has 0 aliphatic carbocycles. The molecule has 9 heteroatoms. The third kappa shape index (κ3) is 3.55. The highest BCUT2D eigenvalue weighted by Crippen LogP contribution is 2.33. The number of aryl methyl sites for hydroxylation is 1. The summed E-state index contributed by atoms with van der Waals surface area (Å²) < 4.78 is 14.2. The zero-order valence-electron chi connectivity index (χ0n) is 17.8. The van der Waals surface area contributed by atoms with Crippen LogP contribution >= 0.6 is 0 Å². The normalized spacial score (nSPS) is 15.1. The highest BCUT2D eigenvalue weighted by Gasteiger charge is 2.24. The summed E-state index contributed by atoms with van der Waals surface area (Å²) in [6, 6.07) is 8.69. The number of rotatable bonds is 4. The highest BCUT2D eigenvalue weighted by molar-refractivity contribution is 5.88. The van der Waals surface area contributed by atoms with Crippen LogP contribution < -0.4 is 15.5 Å². The van der Waals surface area contributed by atoms with E-state index in [2.05, 4.69) is 25.6 Å². The van der Waals surface area contributed by atoms with Gasteiger partial charge >= 0.3 is 0 Å². The molecule has 1 saturated heterocycles. The first-order chi connectivity index (χ1) is 15.5. The van der Waals surface area contributed by atoms with E-state index < -0.39 is 0 Å². The Balaban J connectivity index is 1.61. The second-order valence-electron chi connectivity index (χ2n) is 7.88. The van der Waals surface area contributed by atoms with Crippen LogP contribution in [-0.2, 0) is 4.79 Å². The number of hydrogen-bond acceptors (Lipinski definition) is 7. The minimum Gasteiger partial charge on any atom is -0.361 e. The molecule has 1 atom stereocenters. The fourth-order valence-electron chi connectivity index (χ4n) is 4.04. The minimum atomic E-state index is -0.301. The third-order valence-electron chi connectivity index (χ3n) is 5.74. The van der Waals surface area contributed by atoms with Crippen LogP contribution in [0.4, 0.5) is 16.0 Å². The van der Waals surface area contributed by atoms with Crippen molar-refractivity contribution < 1.29 is 9.18 Å². The predicted molar refractivity (Wildman–Crippen MR) is 121 cm³/mol. The summed E-state index contributed by atoms with van der Waals surface area (Å²) in [5, 5.41) is 7.10. The average Bonchev–Trinajstić information content (AvgIpc) is 2.81. The lowest BCUT2D eigenvalue weighted by Gasteiger charge is -2.31. The molecule has 0 spiro atoms. The molecular formula is C23H22FN7O. The van der Waals surface area contributed by atoms with Gasteiger partial charge in [-0.05, 0) is 44.2 Å². The summed E-state index contributed by atoms with van der Waals surface area (Å²) in [7, 11) is 0. The van der Waals surface area contributed by atoms with Crippen LogP contribution in [0.5, 0.6) is 0 Å². The molecule has 32 heavy (non-hydrogen) atoms. The molecule has 1 aliphatic heterocycles. The highest BCUT2D eigenvalue weighted by atomic mass is 19.1. The maximum Gasteiger partial charge on any atom is 0.239 e. The second kappa shape index (κ2) is 7.99. The van der Waals surface area contributed by atoms with Crippen molar-refractivity contribution in [2.45, 2.75) is 19.9 Å². The van der Waals surface area contributed by atoms with Crippen LogP contribution in [0.3, 0.4) is 0 Å². The molecule has 0 unspecified atom stereocenters. The lowest BCUT2D eigenvalue weighted by molar-refractivity contribution is -0.120. The zero-order chi connectivity index (χ0) is 22.2. The van der Waals surface area contributed by atoms with E-state index in [4.69, 9.17) is 4.98 Å². The number of nitrogens with one attached hydrogen (secondary N) is 2. The minimum absolute atomic E-state index is 0.0633. The van der Waals surface area contributed by atoms with E-state index in [-0.39, 0.29) is 24.3 Å². The SMILES string of the molecule is Cc1c(F)ccc2cc([C@H](C)Nc3ncnc4cccnc34)c(N3CCNC(=O)C3)nc12. The van der Waals surface area contributed by atoms with Gasteiger partial charge in [-0.25, -0.2) is 19.3 Å². The predicted octanol–water partition coefficient (Wildman–Crippen LogP) is 3.13. The van der Waals surface area contributed by atoms with Crippen molar-refractivity contribution in [1.82, 2.24) is 25.3 Å². The molecule has 4 aromatic rings. The Hall–Kier alpha value is -3.88. The maximum atomic E-state index is 14.2. The Morgan fingerprint density at radius 3 is 2.91 bits per heavy atom. The summed E-state index contributed by atoms with van der Waals surface area (Å²) in [4.78, 5) is 31.9. The smallest absolute Gasteiger partial charge is 0.239 e. The number of halogens is 1. The molecule has 4 heterocycles. The number of pyridine rings is 2. The van der Waals surface area contributed by atoms with Crippen molar-refractivity contribution in [2.75, 3.05) is 29.9 Å². The van der Waals surface area contributed by atoms with Crippen LogP contribution in [0.1, 0.15) is 24.1 Å². The molecule has 1 aromatic carbocycles. The van der Waals surface area contributed by atoms with Crippen LogP contribution in [0.2, 0.25) is 0 Å². The van der Waals surface area contributed by atoms with Crippen LogP contribution in [0.15, 0.2) is 42.9 Å². The number of hydrogen-bond donors (Lipinski definition) is 2. The van der Waals surface area contributed by atoms with Gasteiger partial charge in [-0.2, -0.15) is 0 Å². The summed E-state index contributed by atoms with van der Waals surface area (Å²) in [5.74, 6) is 0.907. The Labute approximate surface area is 183 Å². The standard InChI is InChI=1S/C23H22FN7O/c1-13-17(24)6-5-15-10-16(23(30-20(13)15)31-9-8-25-19(32)11-31)14(2)29-22-21-18(27-12-28-22)4-3-7-26-21/h3-7,10,12,14H,8-9,11H2,1-2H3,(H,25,32)(H,27,28,29)/t14-/m0/s1. The molecule has 0 bridgehead atoms. The fourth-order valence-corrected chi connectivity index (χ4v) is 4.04. The van der Waals surface area contributed by atoms with Crippen molar-refractivity contribution in [3.8, 4) is 0 Å². The number of anilines is 2. The first kappa shape index (κ1) is 20.0. The largest absolute Gasteiger partial charge is 0.361 e. The van der Waals surface area contributed by atoms with Gasteiger partial charge in [0.1, 0.15) is 23.5 Å². The zero-order valence-corrected chi connectivity index (χ0v) is 17.8. The average molecular weight is 431 g/mol. The molecule has 0 saturated carbocycles. The quantitative estimate of drug-likeness (QED) is 0.512. The van der Waals surface area contributed by atoms with Crippen LogP contribution in [0, 0.1) is 12.7 Å². The lowest BCUT2D eigenvalue weighted by Crippen LogP contribution is -2.48. The lowest BCUT2D eigenvalue weighted by atomic mass is 10.0. The first-order valence-electron chi connectivity index (χ1n) is 10.4. The van der Waals surface area contributed by atoms with Crippen molar-refractivity contribution >= 4 is 39.5 Å². The fraction of sp³-hybridized carbons (Fsp3) is 0.261. The number of fused-ring (bicyclic) bond motifs is 2. The molecule has 1 aliphatic rings. The van der Waals surface area contributed by atoms with Crippen molar-refractivity contribution in [3.63, 3.8) is 0 Å². The van der Waals surface area contributed by atoms with E-state index in [1.165, 1.54) is 12.4 Å². The molecule has 2 N–H and O–H groups in total. The molecule has 5 rings (SSSR count). The van der Waals surface area contributed by atoms with Crippen molar-refractivity contribution in [3.05, 3.63) is 59.8 Å². The summed E-state index contributed by atoms with van der Waals surface area (Å²) in [6.45, 7) is 5.07. The Morgan fingerprint density at radius 2 is 2.06 bits per heavy atom. The van der Waals surface area contributed by atoms with Gasteiger partial charge in [-0.1, -0.05) is 0 Å². The Bertz CT molecular complexity index is 1340. The topological polar surface area (TPSA) is 95.9 Å². The number of piperazine rings is 1. The second-order valence-corrected chi connectivity index (χ2v) is 7.88. The number of carbonyl (C=O) groups excluding carboxylic acids is 1. The summed E-state index contributed by atoms with van der Waals surface area (Å²) in [6.07, 6.45) is 3.20. The van der Waals surface area contributed by atoms with Crippen LogP contribution in [-0.4, -0.2) is 45.5 Å². The van der Waals surface area contributed by atoms with Crippen molar-refractivity contribution in [2.24, 2.45) is 0 Å². The molecule has 1 fully saturated rings. The van der Waals surface area contributed by atoms with E-state index in [0.717, 1.165) is 16.5 Å². The van der Waals surface area contributed by atoms with E-state index >= 15 is 0 Å². The van der Waals surface area contributed by atoms with Gasteiger partial charge in [0.15, 0.2) is 5.82 Å². The summed E-state index contributed by atoms with van der Waals surface area (Å²) in [5.41, 5.74) is 3.39. The van der Waals surface area contributed by atoms with Gasteiger partial charge in [-0.15, -0.1) is 0 Å². The molecule has 162 valence electrons. The van der Waals surface area contributed by atoms with E-state index in [9.17, 15) is 9.18 Å². The van der Waals surface area contributed by atoms with E-state index in [1.54, 1.807) is 19.2 Å². The van der Waals surface area contributed by atoms with Gasteiger partial charge in [-0.3, -0.25) is 9.78 Å². The molecule has 3 aromatic heterocycles. The monoisotopic (exact) mass is 431 g/mol. The molecular weight excluding hydrogens is 409 g/mol.